The van der Waals surface area contributed by atoms with E-state index in [4.69, 9.17) is 0 Å². The zero-order valence-electron chi connectivity index (χ0n) is 15.3. The van der Waals surface area contributed by atoms with Crippen LogP contribution in [0.3, 0.4) is 0 Å². The molecule has 2 aromatic rings. The Morgan fingerprint density at radius 1 is 1.18 bits per heavy atom. The van der Waals surface area contributed by atoms with Gasteiger partial charge in [-0.1, -0.05) is 5.21 Å². The summed E-state index contributed by atoms with van der Waals surface area (Å²) in [4.78, 5) is 14.3. The third kappa shape index (κ3) is 3.70. The van der Waals surface area contributed by atoms with E-state index in [1.54, 1.807) is 4.90 Å². The van der Waals surface area contributed by atoms with Crippen LogP contribution in [0, 0.1) is 5.82 Å². The predicted octanol–water partition coefficient (Wildman–Crippen LogP) is 3.37. The van der Waals surface area contributed by atoms with Crippen molar-refractivity contribution in [1.82, 2.24) is 19.9 Å². The van der Waals surface area contributed by atoms with Crippen molar-refractivity contribution in [1.29, 1.82) is 0 Å². The zero-order valence-corrected chi connectivity index (χ0v) is 15.3. The molecule has 1 amide bonds. The van der Waals surface area contributed by atoms with Crippen molar-refractivity contribution in [3.8, 4) is 5.75 Å². The molecular weight excluding hydrogens is 373 g/mol. The van der Waals surface area contributed by atoms with Gasteiger partial charge in [-0.15, -0.1) is 5.10 Å². The lowest BCUT2D eigenvalue weighted by atomic mass is 9.99. The minimum absolute atomic E-state index is 0.121. The number of amides is 1. The van der Waals surface area contributed by atoms with Gasteiger partial charge in [0.05, 0.1) is 17.4 Å². The number of hydrogen-bond acceptors (Lipinski definition) is 4. The first-order valence-electron chi connectivity index (χ1n) is 9.49. The Morgan fingerprint density at radius 2 is 1.93 bits per heavy atom. The fourth-order valence-electron chi connectivity index (χ4n) is 4.00. The molecule has 6 nitrogen and oxygen atoms in total. The fourth-order valence-corrected chi connectivity index (χ4v) is 4.00. The number of piperidine rings is 1. The van der Waals surface area contributed by atoms with E-state index in [-0.39, 0.29) is 17.5 Å². The molecule has 0 bridgehead atoms. The Balaban J connectivity index is 1.40. The summed E-state index contributed by atoms with van der Waals surface area (Å²) in [5.41, 5.74) is 2.43. The van der Waals surface area contributed by atoms with E-state index in [0.29, 0.717) is 13.1 Å². The van der Waals surface area contributed by atoms with Crippen LogP contribution in [0.2, 0.25) is 0 Å². The number of aromatic nitrogens is 3. The molecule has 0 spiro atoms. The van der Waals surface area contributed by atoms with Crippen LogP contribution >= 0.6 is 0 Å². The maximum Gasteiger partial charge on any atom is 0.387 e. The SMILES string of the molecule is O=C(c1ccc(OC(F)F)c(F)c1)N1CCC(n2nnc3c2CCCC3)CC1. The summed E-state index contributed by atoms with van der Waals surface area (Å²) in [5.74, 6) is -1.86. The number of hydrogen-bond donors (Lipinski definition) is 0. The molecule has 0 unspecified atom stereocenters. The highest BCUT2D eigenvalue weighted by atomic mass is 19.3. The molecule has 0 atom stereocenters. The number of carbonyl (C=O) groups excluding carboxylic acids is 1. The van der Waals surface area contributed by atoms with Gasteiger partial charge in [0.25, 0.3) is 5.91 Å². The van der Waals surface area contributed by atoms with Gasteiger partial charge in [0, 0.05) is 18.7 Å². The summed E-state index contributed by atoms with van der Waals surface area (Å²) in [6.07, 6.45) is 5.76. The Bertz CT molecular complexity index is 863. The van der Waals surface area contributed by atoms with Gasteiger partial charge in [-0.25, -0.2) is 9.07 Å². The van der Waals surface area contributed by atoms with Gasteiger partial charge in [0.1, 0.15) is 0 Å². The highest BCUT2D eigenvalue weighted by molar-refractivity contribution is 5.94. The first-order valence-corrected chi connectivity index (χ1v) is 9.49. The molecule has 1 aliphatic carbocycles. The standard InChI is InChI=1S/C19H21F3N4O2/c20-14-11-12(5-6-17(14)28-19(21)22)18(27)25-9-7-13(8-10-25)26-16-4-2-1-3-15(16)23-24-26/h5-6,11,13,19H,1-4,7-10H2. The molecule has 0 N–H and O–H groups in total. The first kappa shape index (κ1) is 18.8. The van der Waals surface area contributed by atoms with Crippen LogP contribution in [0.1, 0.15) is 53.5 Å². The van der Waals surface area contributed by atoms with Gasteiger partial charge in [0.15, 0.2) is 11.6 Å². The Labute approximate surface area is 160 Å². The maximum absolute atomic E-state index is 13.9. The largest absolute Gasteiger partial charge is 0.432 e. The molecule has 28 heavy (non-hydrogen) atoms. The van der Waals surface area contributed by atoms with E-state index in [1.165, 1.54) is 11.8 Å². The van der Waals surface area contributed by atoms with Crippen LogP contribution in [-0.2, 0) is 12.8 Å². The highest BCUT2D eigenvalue weighted by Crippen LogP contribution is 2.28. The number of likely N-dealkylation sites (tertiary alicyclic amines) is 1. The summed E-state index contributed by atoms with van der Waals surface area (Å²) in [6.45, 7) is -2.07. The number of alkyl halides is 2. The second kappa shape index (κ2) is 7.81. The molecule has 1 aromatic heterocycles. The summed E-state index contributed by atoms with van der Waals surface area (Å²) in [5, 5.41) is 8.63. The van der Waals surface area contributed by atoms with Crippen molar-refractivity contribution in [2.24, 2.45) is 0 Å². The second-order valence-corrected chi connectivity index (χ2v) is 7.18. The Kier molecular flexibility index (Phi) is 5.23. The van der Waals surface area contributed by atoms with Crippen molar-refractivity contribution in [3.63, 3.8) is 0 Å². The Morgan fingerprint density at radius 3 is 2.64 bits per heavy atom. The molecular formula is C19H21F3N4O2. The van der Waals surface area contributed by atoms with E-state index < -0.39 is 18.2 Å². The minimum atomic E-state index is -3.11. The van der Waals surface area contributed by atoms with Crippen molar-refractivity contribution >= 4 is 5.91 Å². The number of aryl methyl sites for hydroxylation is 1. The molecule has 4 rings (SSSR count). The Hall–Kier alpha value is -2.58. The van der Waals surface area contributed by atoms with E-state index >= 15 is 0 Å². The number of rotatable bonds is 4. The van der Waals surface area contributed by atoms with Gasteiger partial charge < -0.3 is 9.64 Å². The second-order valence-electron chi connectivity index (χ2n) is 7.18. The highest BCUT2D eigenvalue weighted by Gasteiger charge is 2.28. The van der Waals surface area contributed by atoms with Crippen molar-refractivity contribution in [3.05, 3.63) is 41.0 Å². The lowest BCUT2D eigenvalue weighted by Gasteiger charge is -2.33. The van der Waals surface area contributed by atoms with Gasteiger partial charge >= 0.3 is 6.61 Å². The monoisotopic (exact) mass is 394 g/mol. The lowest BCUT2D eigenvalue weighted by Crippen LogP contribution is -2.39. The average molecular weight is 394 g/mol. The number of benzene rings is 1. The summed E-state index contributed by atoms with van der Waals surface area (Å²) < 4.78 is 44.5. The average Bonchev–Trinajstić information content (AvgIpc) is 3.13. The summed E-state index contributed by atoms with van der Waals surface area (Å²) in [6, 6.07) is 3.52. The van der Waals surface area contributed by atoms with Crippen LogP contribution in [0.5, 0.6) is 5.75 Å². The number of ether oxygens (including phenoxy) is 1. The molecule has 9 heteroatoms. The summed E-state index contributed by atoms with van der Waals surface area (Å²) in [7, 11) is 0. The zero-order chi connectivity index (χ0) is 19.7. The van der Waals surface area contributed by atoms with E-state index in [2.05, 4.69) is 15.0 Å². The molecule has 1 fully saturated rings. The third-order valence-corrected chi connectivity index (χ3v) is 5.44. The van der Waals surface area contributed by atoms with Gasteiger partial charge in [0.2, 0.25) is 0 Å². The van der Waals surface area contributed by atoms with E-state index in [9.17, 15) is 18.0 Å². The molecule has 2 aliphatic rings. The summed E-state index contributed by atoms with van der Waals surface area (Å²) >= 11 is 0. The van der Waals surface area contributed by atoms with Crippen LogP contribution in [0.15, 0.2) is 18.2 Å². The van der Waals surface area contributed by atoms with E-state index in [0.717, 1.165) is 56.4 Å². The molecule has 150 valence electrons. The van der Waals surface area contributed by atoms with Crippen molar-refractivity contribution < 1.29 is 22.7 Å². The van der Waals surface area contributed by atoms with Crippen LogP contribution in [0.4, 0.5) is 13.2 Å². The van der Waals surface area contributed by atoms with Gasteiger partial charge in [-0.2, -0.15) is 8.78 Å². The minimum Gasteiger partial charge on any atom is -0.432 e. The normalized spacial score (nSPS) is 17.6. The number of fused-ring (bicyclic) bond motifs is 1. The van der Waals surface area contributed by atoms with Gasteiger partial charge in [-0.05, 0) is 56.7 Å². The van der Waals surface area contributed by atoms with Crippen LogP contribution in [0.25, 0.3) is 0 Å². The topological polar surface area (TPSA) is 60.2 Å². The lowest BCUT2D eigenvalue weighted by molar-refractivity contribution is -0.0521. The quantitative estimate of drug-likeness (QED) is 0.798. The molecule has 2 heterocycles. The molecule has 1 saturated heterocycles. The number of carbonyl (C=O) groups is 1. The van der Waals surface area contributed by atoms with Gasteiger partial charge in [-0.3, -0.25) is 4.79 Å². The number of nitrogens with zero attached hydrogens (tertiary/aromatic N) is 4. The molecule has 0 radical (unpaired) electrons. The van der Waals surface area contributed by atoms with Crippen LogP contribution < -0.4 is 4.74 Å². The third-order valence-electron chi connectivity index (χ3n) is 5.44. The van der Waals surface area contributed by atoms with Crippen molar-refractivity contribution in [2.75, 3.05) is 13.1 Å². The molecule has 0 saturated carbocycles. The molecule has 1 aliphatic heterocycles. The maximum atomic E-state index is 13.9. The van der Waals surface area contributed by atoms with Crippen molar-refractivity contribution in [2.45, 2.75) is 51.2 Å². The van der Waals surface area contributed by atoms with E-state index in [1.807, 2.05) is 4.68 Å². The number of halogens is 3. The first-order chi connectivity index (χ1) is 13.5. The fraction of sp³-hybridized carbons (Fsp3) is 0.526. The molecule has 1 aromatic carbocycles. The predicted molar refractivity (Wildman–Crippen MR) is 93.9 cm³/mol. The smallest absolute Gasteiger partial charge is 0.387 e. The van der Waals surface area contributed by atoms with Crippen LogP contribution in [-0.4, -0.2) is 45.5 Å².